The minimum Gasteiger partial charge on any atom is -0.378 e. The maximum atomic E-state index is 12.4. The number of hydrogen-bond donors (Lipinski definition) is 0. The van der Waals surface area contributed by atoms with Crippen molar-refractivity contribution < 1.29 is 13.2 Å². The van der Waals surface area contributed by atoms with E-state index in [-0.39, 0.29) is 15.4 Å². The van der Waals surface area contributed by atoms with Crippen molar-refractivity contribution in [3.8, 4) is 0 Å². The van der Waals surface area contributed by atoms with Gasteiger partial charge in [-0.2, -0.15) is 0 Å². The zero-order chi connectivity index (χ0) is 16.4. The number of anilines is 1. The Morgan fingerprint density at radius 3 is 2.70 bits per heavy atom. The van der Waals surface area contributed by atoms with Crippen LogP contribution < -0.4 is 4.90 Å². The highest BCUT2D eigenvalue weighted by Crippen LogP contribution is 2.22. The summed E-state index contributed by atoms with van der Waals surface area (Å²) in [4.78, 5) is 14.3. The third kappa shape index (κ3) is 3.97. The highest BCUT2D eigenvalue weighted by Gasteiger charge is 2.22. The molecule has 1 fully saturated rings. The summed E-state index contributed by atoms with van der Waals surface area (Å²) in [5.41, 5.74) is 1.04. The van der Waals surface area contributed by atoms with E-state index in [1.54, 1.807) is 18.4 Å². The molecule has 0 radical (unpaired) electrons. The number of sulfone groups is 1. The second-order valence-corrected chi connectivity index (χ2v) is 8.46. The van der Waals surface area contributed by atoms with Crippen LogP contribution in [0, 0.1) is 6.92 Å². The van der Waals surface area contributed by atoms with E-state index in [1.165, 1.54) is 0 Å². The van der Waals surface area contributed by atoms with Crippen LogP contribution in [0.5, 0.6) is 0 Å². The molecule has 1 aliphatic rings. The molecule has 2 aromatic heterocycles. The third-order valence-electron chi connectivity index (χ3n) is 3.28. The van der Waals surface area contributed by atoms with Crippen LogP contribution in [0.4, 0.5) is 5.82 Å². The lowest BCUT2D eigenvalue weighted by Gasteiger charge is -2.27. The second kappa shape index (κ2) is 6.68. The van der Waals surface area contributed by atoms with Gasteiger partial charge in [-0.3, -0.25) is 0 Å². The van der Waals surface area contributed by atoms with Crippen LogP contribution in [0.1, 0.15) is 11.4 Å². The van der Waals surface area contributed by atoms with Crippen LogP contribution in [0.3, 0.4) is 0 Å². The van der Waals surface area contributed by atoms with Gasteiger partial charge in [-0.05, 0) is 18.5 Å². The third-order valence-corrected chi connectivity index (χ3v) is 6.55. The minimum atomic E-state index is -3.54. The van der Waals surface area contributed by atoms with Gasteiger partial charge in [-0.25, -0.2) is 23.4 Å². The van der Waals surface area contributed by atoms with Crippen molar-refractivity contribution >= 4 is 38.6 Å². The van der Waals surface area contributed by atoms with E-state index < -0.39 is 9.84 Å². The number of nitrogens with zero attached hydrogens (tertiary/aromatic N) is 4. The van der Waals surface area contributed by atoms with Crippen molar-refractivity contribution in [3.05, 3.63) is 28.1 Å². The van der Waals surface area contributed by atoms with Gasteiger partial charge >= 0.3 is 0 Å². The summed E-state index contributed by atoms with van der Waals surface area (Å²) in [5.74, 6) is 0.369. The first-order chi connectivity index (χ1) is 10.9. The lowest BCUT2D eigenvalue weighted by atomic mass is 10.3. The highest BCUT2D eigenvalue weighted by atomic mass is 35.5. The predicted molar refractivity (Wildman–Crippen MR) is 87.8 cm³/mol. The second-order valence-electron chi connectivity index (χ2n) is 5.10. The van der Waals surface area contributed by atoms with Gasteiger partial charge in [0.15, 0.2) is 0 Å². The molecule has 0 spiro atoms. The van der Waals surface area contributed by atoms with Gasteiger partial charge in [0.1, 0.15) is 5.82 Å². The number of morpholine rings is 1. The molecule has 0 amide bonds. The first kappa shape index (κ1) is 16.6. The Kier molecular flexibility index (Phi) is 4.81. The SMILES string of the molecule is Cc1csc(S(=O)(=O)Cc2cc(N3CCOCC3)nc(Cl)n2)n1. The van der Waals surface area contributed by atoms with Crippen LogP contribution in [-0.2, 0) is 20.3 Å². The van der Waals surface area contributed by atoms with Crippen LogP contribution in [0.15, 0.2) is 15.8 Å². The van der Waals surface area contributed by atoms with Gasteiger partial charge in [0.05, 0.1) is 24.7 Å². The first-order valence-electron chi connectivity index (χ1n) is 6.95. The number of halogens is 1. The van der Waals surface area contributed by atoms with Crippen molar-refractivity contribution in [2.75, 3.05) is 31.2 Å². The van der Waals surface area contributed by atoms with Gasteiger partial charge in [0.25, 0.3) is 0 Å². The Morgan fingerprint density at radius 2 is 2.04 bits per heavy atom. The number of thiazole rings is 1. The topological polar surface area (TPSA) is 85.3 Å². The van der Waals surface area contributed by atoms with Gasteiger partial charge < -0.3 is 9.64 Å². The fourth-order valence-electron chi connectivity index (χ4n) is 2.21. The lowest BCUT2D eigenvalue weighted by molar-refractivity contribution is 0.122. The summed E-state index contributed by atoms with van der Waals surface area (Å²) in [6.07, 6.45) is 0. The van der Waals surface area contributed by atoms with Crippen molar-refractivity contribution in [2.45, 2.75) is 17.0 Å². The van der Waals surface area contributed by atoms with E-state index in [2.05, 4.69) is 15.0 Å². The molecule has 10 heteroatoms. The van der Waals surface area contributed by atoms with E-state index in [4.69, 9.17) is 16.3 Å². The summed E-state index contributed by atoms with van der Waals surface area (Å²) >= 11 is 7.07. The number of ether oxygens (including phenoxy) is 1. The molecule has 124 valence electrons. The van der Waals surface area contributed by atoms with E-state index in [0.29, 0.717) is 43.5 Å². The molecule has 0 atom stereocenters. The van der Waals surface area contributed by atoms with E-state index in [1.807, 2.05) is 4.90 Å². The minimum absolute atomic E-state index is 0.0366. The van der Waals surface area contributed by atoms with E-state index in [9.17, 15) is 8.42 Å². The fourth-order valence-corrected chi connectivity index (χ4v) is 4.78. The molecule has 1 aliphatic heterocycles. The summed E-state index contributed by atoms with van der Waals surface area (Å²) in [6.45, 7) is 4.34. The molecular formula is C13H15ClN4O3S2. The maximum absolute atomic E-state index is 12.4. The molecular weight excluding hydrogens is 360 g/mol. The zero-order valence-corrected chi connectivity index (χ0v) is 14.8. The largest absolute Gasteiger partial charge is 0.378 e. The van der Waals surface area contributed by atoms with E-state index >= 15 is 0 Å². The molecule has 0 aromatic carbocycles. The molecule has 3 heterocycles. The number of hydrogen-bond acceptors (Lipinski definition) is 8. The van der Waals surface area contributed by atoms with Crippen LogP contribution in [-0.4, -0.2) is 49.7 Å². The summed E-state index contributed by atoms with van der Waals surface area (Å²) in [5, 5.41) is 1.74. The Labute approximate surface area is 143 Å². The van der Waals surface area contributed by atoms with Crippen molar-refractivity contribution in [2.24, 2.45) is 0 Å². The average Bonchev–Trinajstić information content (AvgIpc) is 2.95. The highest BCUT2D eigenvalue weighted by molar-refractivity contribution is 7.92. The van der Waals surface area contributed by atoms with Crippen LogP contribution >= 0.6 is 22.9 Å². The van der Waals surface area contributed by atoms with Gasteiger partial charge in [-0.15, -0.1) is 11.3 Å². The Bertz CT molecular complexity index is 803. The Morgan fingerprint density at radius 1 is 1.30 bits per heavy atom. The molecule has 0 N–H and O–H groups in total. The average molecular weight is 375 g/mol. The molecule has 3 rings (SSSR count). The molecule has 0 unspecified atom stereocenters. The monoisotopic (exact) mass is 374 g/mol. The Hall–Kier alpha value is -1.29. The molecule has 0 saturated carbocycles. The van der Waals surface area contributed by atoms with Crippen LogP contribution in [0.2, 0.25) is 5.28 Å². The lowest BCUT2D eigenvalue weighted by Crippen LogP contribution is -2.36. The quantitative estimate of drug-likeness (QED) is 0.753. The van der Waals surface area contributed by atoms with Crippen molar-refractivity contribution in [3.63, 3.8) is 0 Å². The predicted octanol–water partition coefficient (Wildman–Crippen LogP) is 1.71. The van der Waals surface area contributed by atoms with Crippen molar-refractivity contribution in [1.29, 1.82) is 0 Å². The Balaban J connectivity index is 1.86. The summed E-state index contributed by atoms with van der Waals surface area (Å²) in [6, 6.07) is 1.66. The van der Waals surface area contributed by atoms with Gasteiger partial charge in [0, 0.05) is 30.2 Å². The summed E-state index contributed by atoms with van der Waals surface area (Å²) < 4.78 is 30.2. The van der Waals surface area contributed by atoms with Crippen molar-refractivity contribution in [1.82, 2.24) is 15.0 Å². The van der Waals surface area contributed by atoms with Gasteiger partial charge in [-0.1, -0.05) is 0 Å². The molecule has 7 nitrogen and oxygen atoms in total. The number of rotatable bonds is 4. The smallest absolute Gasteiger partial charge is 0.224 e. The van der Waals surface area contributed by atoms with Crippen LogP contribution in [0.25, 0.3) is 0 Å². The maximum Gasteiger partial charge on any atom is 0.224 e. The molecule has 2 aromatic rings. The molecule has 0 aliphatic carbocycles. The number of aryl methyl sites for hydroxylation is 1. The molecule has 23 heavy (non-hydrogen) atoms. The first-order valence-corrected chi connectivity index (χ1v) is 9.86. The van der Waals surface area contributed by atoms with Gasteiger partial charge in [0.2, 0.25) is 19.5 Å². The number of aromatic nitrogens is 3. The normalized spacial score (nSPS) is 15.8. The van der Waals surface area contributed by atoms with E-state index in [0.717, 1.165) is 11.3 Å². The standard InChI is InChI=1S/C13H15ClN4O3S2/c1-9-7-22-13(15-9)23(19,20)8-10-6-11(17-12(14)16-10)18-2-4-21-5-3-18/h6-7H,2-5,8H2,1H3. The molecule has 1 saturated heterocycles. The fraction of sp³-hybridized carbons (Fsp3) is 0.462. The summed E-state index contributed by atoms with van der Waals surface area (Å²) in [7, 11) is -3.54. The molecule has 0 bridgehead atoms. The zero-order valence-electron chi connectivity index (χ0n) is 12.4.